The fourth-order valence-corrected chi connectivity index (χ4v) is 2.91. The van der Waals surface area contributed by atoms with E-state index in [0.717, 1.165) is 35.8 Å². The maximum atomic E-state index is 12.3. The lowest BCUT2D eigenvalue weighted by atomic mass is 10.1. The summed E-state index contributed by atoms with van der Waals surface area (Å²) < 4.78 is 1.03. The van der Waals surface area contributed by atoms with E-state index in [2.05, 4.69) is 28.2 Å². The summed E-state index contributed by atoms with van der Waals surface area (Å²) in [5, 5.41) is 12.4. The van der Waals surface area contributed by atoms with Gasteiger partial charge < -0.3 is 15.3 Å². The van der Waals surface area contributed by atoms with Gasteiger partial charge in [-0.25, -0.2) is 4.79 Å². The molecule has 1 saturated heterocycles. The smallest absolute Gasteiger partial charge is 0.318 e. The molecular weight excluding hydrogens is 320 g/mol. The molecule has 2 unspecified atom stereocenters. The van der Waals surface area contributed by atoms with Crippen molar-refractivity contribution in [3.63, 3.8) is 0 Å². The van der Waals surface area contributed by atoms with Crippen LogP contribution in [0.5, 0.6) is 0 Å². The fourth-order valence-electron chi connectivity index (χ4n) is 2.64. The van der Waals surface area contributed by atoms with Gasteiger partial charge in [0, 0.05) is 11.0 Å². The number of carbonyl (C=O) groups is 1. The second-order valence-corrected chi connectivity index (χ2v) is 6.05. The number of urea groups is 1. The molecule has 0 radical (unpaired) electrons. The van der Waals surface area contributed by atoms with Crippen molar-refractivity contribution >= 4 is 22.0 Å². The molecule has 0 aliphatic carbocycles. The summed E-state index contributed by atoms with van der Waals surface area (Å²) in [6.07, 6.45) is 2.69. The van der Waals surface area contributed by atoms with Gasteiger partial charge in [-0.05, 0) is 37.0 Å². The van der Waals surface area contributed by atoms with Crippen LogP contribution < -0.4 is 5.32 Å². The zero-order chi connectivity index (χ0) is 14.5. The van der Waals surface area contributed by atoms with E-state index < -0.39 is 0 Å². The summed E-state index contributed by atoms with van der Waals surface area (Å²) in [5.74, 6) is 0. The van der Waals surface area contributed by atoms with Crippen molar-refractivity contribution in [2.24, 2.45) is 0 Å². The maximum Gasteiger partial charge on any atom is 0.318 e. The summed E-state index contributed by atoms with van der Waals surface area (Å²) in [4.78, 5) is 14.1. The van der Waals surface area contributed by atoms with Crippen LogP contribution in [0.1, 0.15) is 37.8 Å². The number of hydrogen-bond donors (Lipinski definition) is 2. The van der Waals surface area contributed by atoms with Crippen LogP contribution >= 0.6 is 15.9 Å². The molecule has 5 heteroatoms. The Bertz CT molecular complexity index is 450. The van der Waals surface area contributed by atoms with Gasteiger partial charge in [0.25, 0.3) is 0 Å². The number of likely N-dealkylation sites (tertiary alicyclic amines) is 1. The zero-order valence-electron chi connectivity index (χ0n) is 11.7. The summed E-state index contributed by atoms with van der Waals surface area (Å²) >= 11 is 3.42. The lowest BCUT2D eigenvalue weighted by Crippen LogP contribution is -2.45. The molecule has 110 valence electrons. The number of rotatable bonds is 4. The molecule has 0 saturated carbocycles. The van der Waals surface area contributed by atoms with E-state index in [1.54, 1.807) is 4.90 Å². The maximum absolute atomic E-state index is 12.3. The number of amides is 2. The molecule has 0 aromatic heterocycles. The van der Waals surface area contributed by atoms with Gasteiger partial charge in [0.1, 0.15) is 0 Å². The molecule has 1 aromatic carbocycles. The molecule has 1 heterocycles. The number of aliphatic hydroxyl groups is 1. The highest BCUT2D eigenvalue weighted by atomic mass is 79.9. The molecular formula is C15H21BrN2O2. The van der Waals surface area contributed by atoms with Crippen LogP contribution in [-0.2, 0) is 0 Å². The molecule has 20 heavy (non-hydrogen) atoms. The van der Waals surface area contributed by atoms with Crippen LogP contribution in [0.3, 0.4) is 0 Å². The summed E-state index contributed by atoms with van der Waals surface area (Å²) in [6, 6.07) is 7.91. The second-order valence-electron chi connectivity index (χ2n) is 5.13. The molecule has 2 rings (SSSR count). The van der Waals surface area contributed by atoms with Gasteiger partial charge in [-0.3, -0.25) is 0 Å². The third-order valence-electron chi connectivity index (χ3n) is 3.83. The Kier molecular flexibility index (Phi) is 5.43. The molecule has 1 fully saturated rings. The van der Waals surface area contributed by atoms with E-state index >= 15 is 0 Å². The number of halogens is 1. The van der Waals surface area contributed by atoms with Crippen LogP contribution in [0.4, 0.5) is 4.79 Å². The topological polar surface area (TPSA) is 52.6 Å². The molecule has 4 nitrogen and oxygen atoms in total. The molecule has 1 aliphatic heterocycles. The lowest BCUT2D eigenvalue weighted by Gasteiger charge is -2.26. The third kappa shape index (κ3) is 3.52. The number of hydrogen-bond acceptors (Lipinski definition) is 2. The molecule has 0 bridgehead atoms. The predicted molar refractivity (Wildman–Crippen MR) is 82.5 cm³/mol. The number of carbonyl (C=O) groups excluding carboxylic acids is 1. The van der Waals surface area contributed by atoms with E-state index in [9.17, 15) is 9.90 Å². The number of benzene rings is 1. The van der Waals surface area contributed by atoms with Gasteiger partial charge in [0.05, 0.1) is 18.7 Å². The summed E-state index contributed by atoms with van der Waals surface area (Å²) in [5.41, 5.74) is 1.10. The van der Waals surface area contributed by atoms with Crippen molar-refractivity contribution in [3.8, 4) is 0 Å². The van der Waals surface area contributed by atoms with Gasteiger partial charge >= 0.3 is 6.03 Å². The monoisotopic (exact) mass is 340 g/mol. The van der Waals surface area contributed by atoms with Crippen molar-refractivity contribution in [1.82, 2.24) is 10.2 Å². The zero-order valence-corrected chi connectivity index (χ0v) is 13.3. The Morgan fingerprint density at radius 2 is 2.20 bits per heavy atom. The van der Waals surface area contributed by atoms with E-state index in [1.165, 1.54) is 0 Å². The third-order valence-corrected chi connectivity index (χ3v) is 4.36. The van der Waals surface area contributed by atoms with Gasteiger partial charge in [-0.15, -0.1) is 0 Å². The Labute approximate surface area is 128 Å². The van der Waals surface area contributed by atoms with Gasteiger partial charge in [0.15, 0.2) is 0 Å². The average Bonchev–Trinajstić information content (AvgIpc) is 2.94. The molecule has 0 spiro atoms. The Hall–Kier alpha value is -1.07. The normalized spacial score (nSPS) is 19.9. The Balaban J connectivity index is 2.02. The first-order valence-electron chi connectivity index (χ1n) is 7.09. The highest BCUT2D eigenvalue weighted by molar-refractivity contribution is 9.10. The van der Waals surface area contributed by atoms with Crippen LogP contribution in [-0.4, -0.2) is 35.2 Å². The minimum absolute atomic E-state index is 0.00976. The van der Waals surface area contributed by atoms with Crippen LogP contribution in [0.15, 0.2) is 28.7 Å². The molecule has 2 N–H and O–H groups in total. The van der Waals surface area contributed by atoms with E-state index in [0.29, 0.717) is 0 Å². The first-order valence-corrected chi connectivity index (χ1v) is 7.88. The first kappa shape index (κ1) is 15.3. The van der Waals surface area contributed by atoms with Crippen molar-refractivity contribution in [2.75, 3.05) is 13.2 Å². The van der Waals surface area contributed by atoms with Crippen molar-refractivity contribution in [2.45, 2.75) is 38.3 Å². The Morgan fingerprint density at radius 3 is 2.80 bits per heavy atom. The summed E-state index contributed by atoms with van der Waals surface area (Å²) in [7, 11) is 0. The van der Waals surface area contributed by atoms with Gasteiger partial charge in [-0.1, -0.05) is 35.0 Å². The van der Waals surface area contributed by atoms with Gasteiger partial charge in [0.2, 0.25) is 0 Å². The Morgan fingerprint density at radius 1 is 1.50 bits per heavy atom. The largest absolute Gasteiger partial charge is 0.394 e. The van der Waals surface area contributed by atoms with Gasteiger partial charge in [-0.2, -0.15) is 0 Å². The second kappa shape index (κ2) is 7.09. The fraction of sp³-hybridized carbons (Fsp3) is 0.533. The minimum Gasteiger partial charge on any atom is -0.394 e. The molecule has 2 amide bonds. The summed E-state index contributed by atoms with van der Waals surface area (Å²) in [6.45, 7) is 2.83. The number of nitrogens with one attached hydrogen (secondary N) is 1. The SMILES string of the molecule is CCC(NC(=O)N1CCCC1CO)c1ccc(Br)cc1. The molecule has 1 aromatic rings. The van der Waals surface area contributed by atoms with Crippen LogP contribution in [0.2, 0.25) is 0 Å². The minimum atomic E-state index is -0.0729. The highest BCUT2D eigenvalue weighted by Gasteiger charge is 2.29. The van der Waals surface area contributed by atoms with Crippen LogP contribution in [0.25, 0.3) is 0 Å². The quantitative estimate of drug-likeness (QED) is 0.884. The molecule has 1 aliphatic rings. The lowest BCUT2D eigenvalue weighted by molar-refractivity contribution is 0.154. The van der Waals surface area contributed by atoms with Crippen molar-refractivity contribution in [3.05, 3.63) is 34.3 Å². The van der Waals surface area contributed by atoms with Crippen molar-refractivity contribution in [1.29, 1.82) is 0 Å². The highest BCUT2D eigenvalue weighted by Crippen LogP contribution is 2.22. The van der Waals surface area contributed by atoms with E-state index in [1.807, 2.05) is 24.3 Å². The van der Waals surface area contributed by atoms with Crippen molar-refractivity contribution < 1.29 is 9.90 Å². The average molecular weight is 341 g/mol. The number of nitrogens with zero attached hydrogens (tertiary/aromatic N) is 1. The first-order chi connectivity index (χ1) is 9.65. The predicted octanol–water partition coefficient (Wildman–Crippen LogP) is 3.07. The van der Waals surface area contributed by atoms with E-state index in [4.69, 9.17) is 0 Å². The number of aliphatic hydroxyl groups excluding tert-OH is 1. The van der Waals surface area contributed by atoms with Crippen LogP contribution in [0, 0.1) is 0 Å². The molecule has 2 atom stereocenters. The standard InChI is InChI=1S/C15H21BrN2O2/c1-2-14(11-5-7-12(16)8-6-11)17-15(20)18-9-3-4-13(18)10-19/h5-8,13-14,19H,2-4,9-10H2,1H3,(H,17,20). The van der Waals surface area contributed by atoms with E-state index in [-0.39, 0.29) is 24.7 Å².